The van der Waals surface area contributed by atoms with Crippen LogP contribution in [0.2, 0.25) is 0 Å². The topological polar surface area (TPSA) is 17.1 Å². The molecule has 0 aliphatic rings. The van der Waals surface area contributed by atoms with Gasteiger partial charge in [0.2, 0.25) is 0 Å². The average molecular weight is 306 g/mol. The van der Waals surface area contributed by atoms with Crippen molar-refractivity contribution in [2.75, 3.05) is 0 Å². The molecule has 0 aliphatic heterocycles. The van der Waals surface area contributed by atoms with E-state index in [0.717, 1.165) is 0 Å². The Morgan fingerprint density at radius 1 is 0.900 bits per heavy atom. The molecule has 0 N–H and O–H groups in total. The highest BCUT2D eigenvalue weighted by Crippen LogP contribution is 2.35. The van der Waals surface area contributed by atoms with E-state index in [9.17, 15) is 26.2 Å². The number of halogens is 5. The first-order valence-electron chi connectivity index (χ1n) is 5.34. The Morgan fingerprint density at radius 2 is 1.50 bits per heavy atom. The number of rotatable bonds is 2. The van der Waals surface area contributed by atoms with Gasteiger partial charge < -0.3 is 0 Å². The standard InChI is InChI=1S/C13H7F5OS/c14-9-6-7-10(20(19)13(16,17)18)11(12(9)15)8-4-2-1-3-5-8/h1-7H. The van der Waals surface area contributed by atoms with Crippen molar-refractivity contribution in [3.8, 4) is 11.1 Å². The van der Waals surface area contributed by atoms with Crippen LogP contribution in [0, 0.1) is 11.6 Å². The highest BCUT2D eigenvalue weighted by atomic mass is 32.2. The number of alkyl halides is 3. The fourth-order valence-corrected chi connectivity index (χ4v) is 2.52. The van der Waals surface area contributed by atoms with Gasteiger partial charge in [0.1, 0.15) is 0 Å². The van der Waals surface area contributed by atoms with Crippen molar-refractivity contribution in [1.29, 1.82) is 0 Å². The molecule has 0 saturated heterocycles. The smallest absolute Gasteiger partial charge is 0.245 e. The number of benzene rings is 2. The molecule has 0 heterocycles. The second-order valence-corrected chi connectivity index (χ2v) is 5.26. The predicted octanol–water partition coefficient (Wildman–Crippen LogP) is 4.26. The molecule has 2 rings (SSSR count). The zero-order valence-corrected chi connectivity index (χ0v) is 10.6. The van der Waals surface area contributed by atoms with Crippen LogP contribution in [0.3, 0.4) is 0 Å². The lowest BCUT2D eigenvalue weighted by molar-refractivity contribution is -0.0384. The Bertz CT molecular complexity index is 652. The molecule has 0 fully saturated rings. The van der Waals surface area contributed by atoms with Gasteiger partial charge in [-0.15, -0.1) is 0 Å². The molecule has 0 spiro atoms. The third kappa shape index (κ3) is 2.72. The summed E-state index contributed by atoms with van der Waals surface area (Å²) in [7, 11) is -3.44. The van der Waals surface area contributed by atoms with Crippen LogP contribution in [0.1, 0.15) is 0 Å². The monoisotopic (exact) mass is 306 g/mol. The second kappa shape index (κ2) is 5.32. The lowest BCUT2D eigenvalue weighted by Crippen LogP contribution is -2.17. The first-order valence-corrected chi connectivity index (χ1v) is 6.49. The van der Waals surface area contributed by atoms with E-state index in [2.05, 4.69) is 0 Å². The van der Waals surface area contributed by atoms with Gasteiger partial charge in [0.05, 0.1) is 4.90 Å². The molecule has 0 bridgehead atoms. The molecule has 20 heavy (non-hydrogen) atoms. The van der Waals surface area contributed by atoms with Crippen LogP contribution in [0.4, 0.5) is 22.0 Å². The minimum atomic E-state index is -5.05. The van der Waals surface area contributed by atoms with Gasteiger partial charge in [-0.05, 0) is 17.7 Å². The maximum atomic E-state index is 13.8. The van der Waals surface area contributed by atoms with E-state index in [1.807, 2.05) is 0 Å². The second-order valence-electron chi connectivity index (χ2n) is 3.81. The third-order valence-electron chi connectivity index (χ3n) is 2.53. The maximum Gasteiger partial charge on any atom is 0.475 e. The van der Waals surface area contributed by atoms with Gasteiger partial charge in [0.15, 0.2) is 22.4 Å². The Kier molecular flexibility index (Phi) is 3.89. The minimum Gasteiger partial charge on any atom is -0.245 e. The van der Waals surface area contributed by atoms with Gasteiger partial charge in [-0.25, -0.2) is 13.0 Å². The van der Waals surface area contributed by atoms with Crippen LogP contribution in [-0.2, 0) is 10.8 Å². The van der Waals surface area contributed by atoms with Crippen molar-refractivity contribution in [2.45, 2.75) is 10.4 Å². The van der Waals surface area contributed by atoms with Crippen LogP contribution in [0.5, 0.6) is 0 Å². The summed E-state index contributed by atoms with van der Waals surface area (Å²) in [5, 5.41) is 0. The summed E-state index contributed by atoms with van der Waals surface area (Å²) in [6.45, 7) is 0. The van der Waals surface area contributed by atoms with Crippen LogP contribution in [0.25, 0.3) is 11.1 Å². The highest BCUT2D eigenvalue weighted by molar-refractivity contribution is 7.86. The van der Waals surface area contributed by atoms with Crippen LogP contribution >= 0.6 is 0 Å². The van der Waals surface area contributed by atoms with E-state index in [-0.39, 0.29) is 5.56 Å². The molecule has 106 valence electrons. The van der Waals surface area contributed by atoms with Gasteiger partial charge >= 0.3 is 5.51 Å². The van der Waals surface area contributed by atoms with Crippen LogP contribution < -0.4 is 0 Å². The van der Waals surface area contributed by atoms with E-state index in [4.69, 9.17) is 0 Å². The molecule has 1 nitrogen and oxygen atoms in total. The normalized spacial score (nSPS) is 13.2. The largest absolute Gasteiger partial charge is 0.475 e. The minimum absolute atomic E-state index is 0.0251. The summed E-state index contributed by atoms with van der Waals surface area (Å²) in [6.07, 6.45) is 0. The molecule has 0 radical (unpaired) electrons. The van der Waals surface area contributed by atoms with E-state index < -0.39 is 38.4 Å². The molecular weight excluding hydrogens is 299 g/mol. The van der Waals surface area contributed by atoms with E-state index in [0.29, 0.717) is 12.1 Å². The summed E-state index contributed by atoms with van der Waals surface area (Å²) >= 11 is 0. The Balaban J connectivity index is 2.72. The SMILES string of the molecule is O=S(c1ccc(F)c(F)c1-c1ccccc1)C(F)(F)F. The van der Waals surface area contributed by atoms with Gasteiger partial charge in [-0.3, -0.25) is 0 Å². The van der Waals surface area contributed by atoms with Crippen LogP contribution in [0.15, 0.2) is 47.4 Å². The van der Waals surface area contributed by atoms with Gasteiger partial charge in [0, 0.05) is 5.56 Å². The lowest BCUT2D eigenvalue weighted by Gasteiger charge is -2.13. The first kappa shape index (κ1) is 14.6. The zero-order valence-electron chi connectivity index (χ0n) is 9.75. The van der Waals surface area contributed by atoms with Crippen molar-refractivity contribution >= 4 is 10.8 Å². The third-order valence-corrected chi connectivity index (χ3v) is 3.69. The Hall–Kier alpha value is -1.76. The lowest BCUT2D eigenvalue weighted by atomic mass is 10.1. The maximum absolute atomic E-state index is 13.8. The molecule has 1 atom stereocenters. The molecule has 0 aliphatic carbocycles. The van der Waals surface area contributed by atoms with E-state index in [1.165, 1.54) is 24.3 Å². The van der Waals surface area contributed by atoms with Crippen molar-refractivity contribution < 1.29 is 26.2 Å². The van der Waals surface area contributed by atoms with Crippen molar-refractivity contribution in [3.63, 3.8) is 0 Å². The van der Waals surface area contributed by atoms with Gasteiger partial charge in [-0.2, -0.15) is 13.2 Å². The van der Waals surface area contributed by atoms with Crippen molar-refractivity contribution in [1.82, 2.24) is 0 Å². The zero-order chi connectivity index (χ0) is 14.9. The quantitative estimate of drug-likeness (QED) is 0.758. The van der Waals surface area contributed by atoms with E-state index >= 15 is 0 Å². The molecule has 2 aromatic rings. The molecule has 0 saturated carbocycles. The predicted molar refractivity (Wildman–Crippen MR) is 64.3 cm³/mol. The number of hydrogen-bond acceptors (Lipinski definition) is 1. The Labute approximate surface area is 113 Å². The fraction of sp³-hybridized carbons (Fsp3) is 0.0769. The molecule has 0 amide bonds. The summed E-state index contributed by atoms with van der Waals surface area (Å²) in [4.78, 5) is -0.803. The first-order chi connectivity index (χ1) is 9.32. The summed E-state index contributed by atoms with van der Waals surface area (Å²) in [5.74, 6) is -2.75. The summed E-state index contributed by atoms with van der Waals surface area (Å²) in [6, 6.07) is 8.33. The van der Waals surface area contributed by atoms with Crippen molar-refractivity contribution in [2.24, 2.45) is 0 Å². The van der Waals surface area contributed by atoms with Crippen molar-refractivity contribution in [3.05, 3.63) is 54.1 Å². The number of hydrogen-bond donors (Lipinski definition) is 0. The molecule has 1 unspecified atom stereocenters. The molecular formula is C13H7F5OS. The van der Waals surface area contributed by atoms with Gasteiger partial charge in [-0.1, -0.05) is 30.3 Å². The van der Waals surface area contributed by atoms with Gasteiger partial charge in [0.25, 0.3) is 0 Å². The fourth-order valence-electron chi connectivity index (χ4n) is 1.69. The summed E-state index contributed by atoms with van der Waals surface area (Å²) in [5.41, 5.74) is -5.66. The highest BCUT2D eigenvalue weighted by Gasteiger charge is 2.40. The Morgan fingerprint density at radius 3 is 2.05 bits per heavy atom. The van der Waals surface area contributed by atoms with Crippen LogP contribution in [-0.4, -0.2) is 9.72 Å². The average Bonchev–Trinajstić information content (AvgIpc) is 2.41. The molecule has 2 aromatic carbocycles. The summed E-state index contributed by atoms with van der Waals surface area (Å²) < 4.78 is 76.1. The van der Waals surface area contributed by atoms with E-state index in [1.54, 1.807) is 6.07 Å². The molecule has 0 aromatic heterocycles. The molecule has 7 heteroatoms.